The molecule has 2 N–H and O–H groups in total. The Kier molecular flexibility index (Phi) is 3.84. The van der Waals surface area contributed by atoms with Crippen LogP contribution < -0.4 is 4.72 Å². The van der Waals surface area contributed by atoms with Crippen LogP contribution in [-0.2, 0) is 19.9 Å². The Bertz CT molecular complexity index is 764. The molecular formula is C11H12N2O5S2. The van der Waals surface area contributed by atoms with Crippen LogP contribution in [-0.4, -0.2) is 45.6 Å². The van der Waals surface area contributed by atoms with E-state index in [0.717, 1.165) is 0 Å². The van der Waals surface area contributed by atoms with Gasteiger partial charge < -0.3 is 5.11 Å². The SMILES string of the molecule is N#Cc1cccc(S(=O)(=O)N[C@@H]2CS(=O)(=O)C[C@H]2O)c1. The van der Waals surface area contributed by atoms with Crippen LogP contribution in [0, 0.1) is 11.3 Å². The van der Waals surface area contributed by atoms with Crippen molar-refractivity contribution >= 4 is 19.9 Å². The number of hydrogen-bond donors (Lipinski definition) is 2. The number of aliphatic hydroxyl groups is 1. The minimum atomic E-state index is -3.98. The number of nitrogens with zero attached hydrogens (tertiary/aromatic N) is 1. The lowest BCUT2D eigenvalue weighted by molar-refractivity contribution is 0.176. The minimum Gasteiger partial charge on any atom is -0.390 e. The first kappa shape index (κ1) is 14.9. The summed E-state index contributed by atoms with van der Waals surface area (Å²) in [5, 5.41) is 18.3. The quantitative estimate of drug-likeness (QED) is 0.736. The first-order valence-corrected chi connectivity index (χ1v) is 8.95. The van der Waals surface area contributed by atoms with Gasteiger partial charge in [-0.05, 0) is 18.2 Å². The molecule has 1 aromatic carbocycles. The lowest BCUT2D eigenvalue weighted by Gasteiger charge is -2.15. The molecule has 1 aliphatic rings. The van der Waals surface area contributed by atoms with Gasteiger partial charge in [0, 0.05) is 0 Å². The Labute approximate surface area is 116 Å². The molecule has 1 heterocycles. The summed E-state index contributed by atoms with van der Waals surface area (Å²) < 4.78 is 49.0. The highest BCUT2D eigenvalue weighted by molar-refractivity contribution is 7.92. The van der Waals surface area contributed by atoms with Gasteiger partial charge in [0.2, 0.25) is 10.0 Å². The molecule has 20 heavy (non-hydrogen) atoms. The highest BCUT2D eigenvalue weighted by Crippen LogP contribution is 2.17. The van der Waals surface area contributed by atoms with Crippen LogP contribution in [0.1, 0.15) is 5.56 Å². The van der Waals surface area contributed by atoms with Crippen LogP contribution in [0.3, 0.4) is 0 Å². The van der Waals surface area contributed by atoms with Crippen molar-refractivity contribution in [1.29, 1.82) is 5.26 Å². The molecule has 0 spiro atoms. The zero-order valence-electron chi connectivity index (χ0n) is 10.2. The van der Waals surface area contributed by atoms with E-state index in [4.69, 9.17) is 5.26 Å². The van der Waals surface area contributed by atoms with Crippen molar-refractivity contribution in [3.05, 3.63) is 29.8 Å². The Morgan fingerprint density at radius 1 is 1.35 bits per heavy atom. The number of rotatable bonds is 3. The first-order valence-electron chi connectivity index (χ1n) is 5.64. The van der Waals surface area contributed by atoms with E-state index in [-0.39, 0.29) is 10.5 Å². The average Bonchev–Trinajstić information content (AvgIpc) is 2.61. The third kappa shape index (κ3) is 3.16. The van der Waals surface area contributed by atoms with Gasteiger partial charge >= 0.3 is 0 Å². The van der Waals surface area contributed by atoms with E-state index in [1.807, 2.05) is 6.07 Å². The minimum absolute atomic E-state index is 0.145. The molecule has 0 radical (unpaired) electrons. The standard InChI is InChI=1S/C11H12N2O5S2/c12-5-8-2-1-3-9(4-8)20(17,18)13-10-6-19(15,16)7-11(10)14/h1-4,10-11,13-14H,6-7H2/t10-,11-/m1/s1. The van der Waals surface area contributed by atoms with Crippen molar-refractivity contribution in [2.45, 2.75) is 17.0 Å². The number of nitrogens with one attached hydrogen (secondary N) is 1. The van der Waals surface area contributed by atoms with Gasteiger partial charge in [0.05, 0.1) is 40.2 Å². The molecule has 2 atom stereocenters. The zero-order valence-corrected chi connectivity index (χ0v) is 11.9. The molecule has 1 saturated heterocycles. The van der Waals surface area contributed by atoms with Gasteiger partial charge in [-0.15, -0.1) is 0 Å². The topological polar surface area (TPSA) is 124 Å². The van der Waals surface area contributed by atoms with Crippen molar-refractivity contribution in [3.63, 3.8) is 0 Å². The number of nitriles is 1. The first-order chi connectivity index (χ1) is 9.23. The smallest absolute Gasteiger partial charge is 0.240 e. The fourth-order valence-corrected chi connectivity index (χ4v) is 5.10. The maximum Gasteiger partial charge on any atom is 0.240 e. The molecule has 7 nitrogen and oxygen atoms in total. The monoisotopic (exact) mass is 316 g/mol. The normalized spacial score (nSPS) is 25.2. The molecule has 0 amide bonds. The van der Waals surface area contributed by atoms with Crippen molar-refractivity contribution in [1.82, 2.24) is 4.72 Å². The molecule has 0 aliphatic carbocycles. The second-order valence-corrected chi connectivity index (χ2v) is 8.38. The van der Waals surface area contributed by atoms with Crippen LogP contribution in [0.4, 0.5) is 0 Å². The number of sulfonamides is 1. The van der Waals surface area contributed by atoms with E-state index in [2.05, 4.69) is 4.72 Å². The molecular weight excluding hydrogens is 304 g/mol. The predicted octanol–water partition coefficient (Wildman–Crippen LogP) is -1.01. The van der Waals surface area contributed by atoms with Gasteiger partial charge in [-0.1, -0.05) is 6.07 Å². The summed E-state index contributed by atoms with van der Waals surface area (Å²) in [7, 11) is -7.43. The van der Waals surface area contributed by atoms with Gasteiger partial charge in [-0.3, -0.25) is 0 Å². The summed E-state index contributed by atoms with van der Waals surface area (Å²) in [5.74, 6) is -0.899. The van der Waals surface area contributed by atoms with Crippen LogP contribution >= 0.6 is 0 Å². The van der Waals surface area contributed by atoms with E-state index < -0.39 is 43.5 Å². The second-order valence-electron chi connectivity index (χ2n) is 4.51. The molecule has 2 rings (SSSR count). The summed E-state index contributed by atoms with van der Waals surface area (Å²) in [5.41, 5.74) is 0.174. The van der Waals surface area contributed by atoms with E-state index in [0.29, 0.717) is 0 Å². The molecule has 1 aliphatic heterocycles. The molecule has 1 aromatic rings. The second kappa shape index (κ2) is 5.14. The number of sulfone groups is 1. The highest BCUT2D eigenvalue weighted by Gasteiger charge is 2.38. The summed E-state index contributed by atoms with van der Waals surface area (Å²) >= 11 is 0. The molecule has 0 unspecified atom stereocenters. The third-order valence-corrected chi connectivity index (χ3v) is 6.11. The van der Waals surface area contributed by atoms with Gasteiger partial charge in [0.1, 0.15) is 0 Å². The molecule has 0 saturated carbocycles. The van der Waals surface area contributed by atoms with E-state index in [9.17, 15) is 21.9 Å². The summed E-state index contributed by atoms with van der Waals surface area (Å²) in [6, 6.07) is 6.08. The van der Waals surface area contributed by atoms with Gasteiger partial charge in [-0.25, -0.2) is 21.6 Å². The van der Waals surface area contributed by atoms with Crippen molar-refractivity contribution < 1.29 is 21.9 Å². The zero-order chi connectivity index (χ0) is 15.0. The fourth-order valence-electron chi connectivity index (χ4n) is 1.94. The Morgan fingerprint density at radius 3 is 2.60 bits per heavy atom. The van der Waals surface area contributed by atoms with Crippen LogP contribution in [0.5, 0.6) is 0 Å². The molecule has 0 bridgehead atoms. The maximum absolute atomic E-state index is 12.1. The van der Waals surface area contributed by atoms with Gasteiger partial charge in [0.15, 0.2) is 9.84 Å². The Morgan fingerprint density at radius 2 is 2.05 bits per heavy atom. The summed E-state index contributed by atoms with van der Waals surface area (Å²) in [4.78, 5) is -0.145. The Hall–Kier alpha value is -1.47. The molecule has 108 valence electrons. The van der Waals surface area contributed by atoms with E-state index >= 15 is 0 Å². The fraction of sp³-hybridized carbons (Fsp3) is 0.364. The van der Waals surface area contributed by atoms with Gasteiger partial charge in [-0.2, -0.15) is 5.26 Å². The largest absolute Gasteiger partial charge is 0.390 e. The van der Waals surface area contributed by atoms with E-state index in [1.54, 1.807) is 0 Å². The van der Waals surface area contributed by atoms with Crippen molar-refractivity contribution in [3.8, 4) is 6.07 Å². The molecule has 0 aromatic heterocycles. The van der Waals surface area contributed by atoms with Crippen molar-refractivity contribution in [2.75, 3.05) is 11.5 Å². The van der Waals surface area contributed by atoms with E-state index in [1.165, 1.54) is 24.3 Å². The molecule has 9 heteroatoms. The molecule has 1 fully saturated rings. The summed E-state index contributed by atoms with van der Waals surface area (Å²) in [6.07, 6.45) is -1.27. The van der Waals surface area contributed by atoms with Crippen LogP contribution in [0.2, 0.25) is 0 Å². The highest BCUT2D eigenvalue weighted by atomic mass is 32.2. The number of aliphatic hydroxyl groups excluding tert-OH is 1. The summed E-state index contributed by atoms with van der Waals surface area (Å²) in [6.45, 7) is 0. The van der Waals surface area contributed by atoms with Gasteiger partial charge in [0.25, 0.3) is 0 Å². The lowest BCUT2D eigenvalue weighted by atomic mass is 10.2. The number of hydrogen-bond acceptors (Lipinski definition) is 6. The Balaban J connectivity index is 2.26. The third-order valence-electron chi connectivity index (χ3n) is 2.90. The van der Waals surface area contributed by atoms with Crippen LogP contribution in [0.15, 0.2) is 29.2 Å². The maximum atomic E-state index is 12.1. The lowest BCUT2D eigenvalue weighted by Crippen LogP contribution is -2.42. The number of benzene rings is 1. The van der Waals surface area contributed by atoms with Crippen LogP contribution in [0.25, 0.3) is 0 Å². The average molecular weight is 316 g/mol. The van der Waals surface area contributed by atoms with Crippen molar-refractivity contribution in [2.24, 2.45) is 0 Å². The predicted molar refractivity (Wildman–Crippen MR) is 69.9 cm³/mol.